The van der Waals surface area contributed by atoms with Gasteiger partial charge in [-0.25, -0.2) is 0 Å². The van der Waals surface area contributed by atoms with E-state index in [9.17, 15) is 0 Å². The molecule has 2 aromatic rings. The molecular weight excluding hydrogens is 246 g/mol. The number of hydrogen-bond donors (Lipinski definition) is 1. The summed E-state index contributed by atoms with van der Waals surface area (Å²) in [4.78, 5) is 0. The zero-order valence-corrected chi connectivity index (χ0v) is 12.5. The molecule has 0 saturated heterocycles. The maximum absolute atomic E-state index is 5.25. The monoisotopic (exact) mass is 269 g/mol. The van der Waals surface area contributed by atoms with Gasteiger partial charge in [0.25, 0.3) is 0 Å². The maximum Gasteiger partial charge on any atom is 0.119 e. The van der Waals surface area contributed by atoms with Crippen molar-refractivity contribution in [1.82, 2.24) is 5.32 Å². The van der Waals surface area contributed by atoms with Gasteiger partial charge >= 0.3 is 0 Å². The van der Waals surface area contributed by atoms with Gasteiger partial charge in [-0.05, 0) is 49.1 Å². The van der Waals surface area contributed by atoms with Gasteiger partial charge in [-0.1, -0.05) is 36.4 Å². The number of nitrogens with one attached hydrogen (secondary N) is 1. The summed E-state index contributed by atoms with van der Waals surface area (Å²) in [6.45, 7) is 5.26. The second-order valence-corrected chi connectivity index (χ2v) is 5.26. The standard InChI is InChI=1S/C18H23NO/c1-14-7-4-5-9-17(14)11-15(2)19-13-16-8-6-10-18(12-16)20-3/h4-10,12,15,19H,11,13H2,1-3H3. The minimum absolute atomic E-state index is 0.447. The van der Waals surface area contributed by atoms with Crippen LogP contribution in [0.3, 0.4) is 0 Å². The SMILES string of the molecule is COc1cccc(CNC(C)Cc2ccccc2C)c1. The maximum atomic E-state index is 5.25. The lowest BCUT2D eigenvalue weighted by atomic mass is 10.0. The van der Waals surface area contributed by atoms with E-state index in [4.69, 9.17) is 4.74 Å². The summed E-state index contributed by atoms with van der Waals surface area (Å²) < 4.78 is 5.25. The van der Waals surface area contributed by atoms with E-state index in [1.165, 1.54) is 16.7 Å². The quantitative estimate of drug-likeness (QED) is 0.863. The summed E-state index contributed by atoms with van der Waals surface area (Å²) in [6, 6.07) is 17.2. The lowest BCUT2D eigenvalue weighted by Crippen LogP contribution is -2.27. The first kappa shape index (κ1) is 14.6. The average molecular weight is 269 g/mol. The third kappa shape index (κ3) is 4.10. The first-order valence-corrected chi connectivity index (χ1v) is 7.10. The van der Waals surface area contributed by atoms with Gasteiger partial charge in [0.2, 0.25) is 0 Å². The highest BCUT2D eigenvalue weighted by atomic mass is 16.5. The molecular formula is C18H23NO. The van der Waals surface area contributed by atoms with E-state index in [2.05, 4.69) is 55.6 Å². The van der Waals surface area contributed by atoms with Crippen LogP contribution >= 0.6 is 0 Å². The second kappa shape index (κ2) is 7.11. The Labute approximate surface area is 121 Å². The van der Waals surface area contributed by atoms with Gasteiger partial charge in [-0.15, -0.1) is 0 Å². The number of rotatable bonds is 6. The van der Waals surface area contributed by atoms with Crippen LogP contribution in [-0.2, 0) is 13.0 Å². The van der Waals surface area contributed by atoms with Gasteiger partial charge in [-0.2, -0.15) is 0 Å². The van der Waals surface area contributed by atoms with E-state index in [0.717, 1.165) is 18.7 Å². The molecule has 0 spiro atoms. The van der Waals surface area contributed by atoms with E-state index in [1.54, 1.807) is 7.11 Å². The van der Waals surface area contributed by atoms with E-state index >= 15 is 0 Å². The first-order chi connectivity index (χ1) is 9.69. The molecule has 106 valence electrons. The van der Waals surface area contributed by atoms with Crippen molar-refractivity contribution in [2.45, 2.75) is 32.9 Å². The topological polar surface area (TPSA) is 21.3 Å². The zero-order chi connectivity index (χ0) is 14.4. The number of benzene rings is 2. The Hall–Kier alpha value is -1.80. The van der Waals surface area contributed by atoms with Crippen LogP contribution in [0, 0.1) is 6.92 Å². The summed E-state index contributed by atoms with van der Waals surface area (Å²) in [5.41, 5.74) is 4.03. The predicted octanol–water partition coefficient (Wildman–Crippen LogP) is 3.72. The Morgan fingerprint density at radius 1 is 1.10 bits per heavy atom. The van der Waals surface area contributed by atoms with Crippen LogP contribution < -0.4 is 10.1 Å². The summed E-state index contributed by atoms with van der Waals surface area (Å²) in [6.07, 6.45) is 1.05. The van der Waals surface area contributed by atoms with Crippen LogP contribution in [0.5, 0.6) is 5.75 Å². The van der Waals surface area contributed by atoms with Crippen LogP contribution in [0.2, 0.25) is 0 Å². The van der Waals surface area contributed by atoms with E-state index in [-0.39, 0.29) is 0 Å². The van der Waals surface area contributed by atoms with Crippen molar-refractivity contribution < 1.29 is 4.74 Å². The van der Waals surface area contributed by atoms with Crippen molar-refractivity contribution in [2.75, 3.05) is 7.11 Å². The molecule has 0 heterocycles. The van der Waals surface area contributed by atoms with Crippen LogP contribution in [0.1, 0.15) is 23.6 Å². The molecule has 0 aliphatic heterocycles. The molecule has 0 bridgehead atoms. The molecule has 2 nitrogen and oxygen atoms in total. The van der Waals surface area contributed by atoms with Crippen molar-refractivity contribution in [3.63, 3.8) is 0 Å². The number of aryl methyl sites for hydroxylation is 1. The van der Waals surface area contributed by atoms with Crippen LogP contribution in [0.4, 0.5) is 0 Å². The van der Waals surface area contributed by atoms with Crippen molar-refractivity contribution >= 4 is 0 Å². The third-order valence-electron chi connectivity index (χ3n) is 3.58. The van der Waals surface area contributed by atoms with E-state index in [0.29, 0.717) is 6.04 Å². The fraction of sp³-hybridized carbons (Fsp3) is 0.333. The van der Waals surface area contributed by atoms with Gasteiger partial charge < -0.3 is 10.1 Å². The Balaban J connectivity index is 1.89. The average Bonchev–Trinajstić information content (AvgIpc) is 2.48. The molecule has 0 aromatic heterocycles. The largest absolute Gasteiger partial charge is 0.497 e. The molecule has 2 heteroatoms. The van der Waals surface area contributed by atoms with Crippen LogP contribution in [-0.4, -0.2) is 13.2 Å². The lowest BCUT2D eigenvalue weighted by Gasteiger charge is -2.15. The fourth-order valence-corrected chi connectivity index (χ4v) is 2.32. The highest BCUT2D eigenvalue weighted by molar-refractivity contribution is 5.29. The summed E-state index contributed by atoms with van der Waals surface area (Å²) in [7, 11) is 1.70. The van der Waals surface area contributed by atoms with E-state index < -0.39 is 0 Å². The molecule has 0 aliphatic carbocycles. The normalized spacial score (nSPS) is 12.2. The van der Waals surface area contributed by atoms with Gasteiger partial charge in [0, 0.05) is 12.6 Å². The molecule has 0 aliphatic rings. The van der Waals surface area contributed by atoms with Gasteiger partial charge in [0.05, 0.1) is 7.11 Å². The molecule has 2 aromatic carbocycles. The Morgan fingerprint density at radius 2 is 1.90 bits per heavy atom. The molecule has 0 fully saturated rings. The minimum atomic E-state index is 0.447. The fourth-order valence-electron chi connectivity index (χ4n) is 2.32. The number of methoxy groups -OCH3 is 1. The Kier molecular flexibility index (Phi) is 5.19. The minimum Gasteiger partial charge on any atom is -0.497 e. The first-order valence-electron chi connectivity index (χ1n) is 7.10. The molecule has 1 unspecified atom stereocenters. The van der Waals surface area contributed by atoms with Crippen LogP contribution in [0.25, 0.3) is 0 Å². The highest BCUT2D eigenvalue weighted by Gasteiger charge is 2.05. The second-order valence-electron chi connectivity index (χ2n) is 5.26. The number of hydrogen-bond acceptors (Lipinski definition) is 2. The summed E-state index contributed by atoms with van der Waals surface area (Å²) in [5.74, 6) is 0.913. The molecule has 20 heavy (non-hydrogen) atoms. The zero-order valence-electron chi connectivity index (χ0n) is 12.5. The summed E-state index contributed by atoms with van der Waals surface area (Å²) in [5, 5.41) is 3.57. The van der Waals surface area contributed by atoms with Crippen molar-refractivity contribution in [3.8, 4) is 5.75 Å². The van der Waals surface area contributed by atoms with Gasteiger partial charge in [-0.3, -0.25) is 0 Å². The van der Waals surface area contributed by atoms with Crippen LogP contribution in [0.15, 0.2) is 48.5 Å². The van der Waals surface area contributed by atoms with Gasteiger partial charge in [0.1, 0.15) is 5.75 Å². The number of ether oxygens (including phenoxy) is 1. The molecule has 0 saturated carbocycles. The Morgan fingerprint density at radius 3 is 2.65 bits per heavy atom. The molecule has 0 amide bonds. The Bertz CT molecular complexity index is 551. The third-order valence-corrected chi connectivity index (χ3v) is 3.58. The molecule has 2 rings (SSSR count). The summed E-state index contributed by atoms with van der Waals surface area (Å²) >= 11 is 0. The van der Waals surface area contributed by atoms with Crippen molar-refractivity contribution in [3.05, 3.63) is 65.2 Å². The van der Waals surface area contributed by atoms with E-state index in [1.807, 2.05) is 12.1 Å². The predicted molar refractivity (Wildman–Crippen MR) is 84.2 cm³/mol. The molecule has 1 N–H and O–H groups in total. The van der Waals surface area contributed by atoms with Crippen molar-refractivity contribution in [1.29, 1.82) is 0 Å². The lowest BCUT2D eigenvalue weighted by molar-refractivity contribution is 0.414. The molecule has 1 atom stereocenters. The van der Waals surface area contributed by atoms with Gasteiger partial charge in [0.15, 0.2) is 0 Å². The highest BCUT2D eigenvalue weighted by Crippen LogP contribution is 2.13. The van der Waals surface area contributed by atoms with Crippen molar-refractivity contribution in [2.24, 2.45) is 0 Å². The smallest absolute Gasteiger partial charge is 0.119 e. The molecule has 0 radical (unpaired) electrons.